The van der Waals surface area contributed by atoms with Crippen molar-refractivity contribution in [3.63, 3.8) is 0 Å². The maximum atomic E-state index is 3.67. The highest BCUT2D eigenvalue weighted by molar-refractivity contribution is 4.95. The molecule has 16 heavy (non-hydrogen) atoms. The molecule has 1 N–H and O–H groups in total. The second kappa shape index (κ2) is 7.86. The van der Waals surface area contributed by atoms with Gasteiger partial charge in [0.1, 0.15) is 0 Å². The minimum Gasteiger partial charge on any atom is -0.314 e. The Morgan fingerprint density at radius 2 is 2.00 bits per heavy atom. The van der Waals surface area contributed by atoms with Crippen LogP contribution in [0.25, 0.3) is 0 Å². The van der Waals surface area contributed by atoms with Gasteiger partial charge >= 0.3 is 0 Å². The lowest BCUT2D eigenvalue weighted by atomic mass is 10.0. The van der Waals surface area contributed by atoms with Crippen molar-refractivity contribution in [2.75, 3.05) is 26.2 Å². The Kier molecular flexibility index (Phi) is 6.74. The molecular weight excluding hydrogens is 196 g/mol. The van der Waals surface area contributed by atoms with Crippen molar-refractivity contribution in [1.29, 1.82) is 0 Å². The van der Waals surface area contributed by atoms with E-state index in [-0.39, 0.29) is 0 Å². The van der Waals surface area contributed by atoms with Gasteiger partial charge in [-0.2, -0.15) is 0 Å². The largest absolute Gasteiger partial charge is 0.314 e. The normalized spacial score (nSPS) is 18.7. The molecule has 0 unspecified atom stereocenters. The number of hydrogen-bond donors (Lipinski definition) is 1. The average Bonchev–Trinajstić information content (AvgIpc) is 2.28. The zero-order valence-electron chi connectivity index (χ0n) is 11.3. The van der Waals surface area contributed by atoms with Crippen molar-refractivity contribution in [3.8, 4) is 0 Å². The number of nitrogens with zero attached hydrogens (tertiary/aromatic N) is 1. The SMILES string of the molecule is CCCCNC1CCN(CC=C(C)C)CC1. The number of rotatable bonds is 6. The van der Waals surface area contributed by atoms with Crippen LogP contribution in [0.4, 0.5) is 0 Å². The van der Waals surface area contributed by atoms with E-state index in [1.807, 2.05) is 0 Å². The predicted molar refractivity (Wildman–Crippen MR) is 71.8 cm³/mol. The van der Waals surface area contributed by atoms with Crippen molar-refractivity contribution >= 4 is 0 Å². The van der Waals surface area contributed by atoms with Gasteiger partial charge in [0.15, 0.2) is 0 Å². The van der Waals surface area contributed by atoms with E-state index in [2.05, 4.69) is 37.1 Å². The fourth-order valence-corrected chi connectivity index (χ4v) is 2.11. The summed E-state index contributed by atoms with van der Waals surface area (Å²) in [6.45, 7) is 11.5. The van der Waals surface area contributed by atoms with E-state index < -0.39 is 0 Å². The van der Waals surface area contributed by atoms with E-state index in [4.69, 9.17) is 0 Å². The topological polar surface area (TPSA) is 15.3 Å². The lowest BCUT2D eigenvalue weighted by Crippen LogP contribution is -2.42. The first kappa shape index (κ1) is 13.7. The van der Waals surface area contributed by atoms with Gasteiger partial charge in [0, 0.05) is 12.6 Å². The summed E-state index contributed by atoms with van der Waals surface area (Å²) in [5.74, 6) is 0. The summed E-state index contributed by atoms with van der Waals surface area (Å²) in [6, 6.07) is 0.773. The highest BCUT2D eigenvalue weighted by Gasteiger charge is 2.17. The number of nitrogens with one attached hydrogen (secondary N) is 1. The van der Waals surface area contributed by atoms with Gasteiger partial charge in [-0.15, -0.1) is 0 Å². The molecule has 1 aliphatic rings. The van der Waals surface area contributed by atoms with E-state index in [0.29, 0.717) is 0 Å². The van der Waals surface area contributed by atoms with Crippen molar-refractivity contribution in [3.05, 3.63) is 11.6 Å². The molecular formula is C14H28N2. The maximum absolute atomic E-state index is 3.67. The minimum absolute atomic E-state index is 0.773. The van der Waals surface area contributed by atoms with Crippen LogP contribution in [-0.4, -0.2) is 37.1 Å². The second-order valence-corrected chi connectivity index (χ2v) is 5.16. The number of hydrogen-bond acceptors (Lipinski definition) is 2. The molecule has 0 aromatic rings. The molecule has 0 amide bonds. The summed E-state index contributed by atoms with van der Waals surface area (Å²) in [6.07, 6.45) is 7.59. The highest BCUT2D eigenvalue weighted by atomic mass is 15.1. The van der Waals surface area contributed by atoms with Crippen molar-refractivity contribution in [1.82, 2.24) is 10.2 Å². The van der Waals surface area contributed by atoms with Gasteiger partial charge in [0.2, 0.25) is 0 Å². The first-order chi connectivity index (χ1) is 7.72. The van der Waals surface area contributed by atoms with Crippen LogP contribution in [0.1, 0.15) is 46.5 Å². The molecule has 1 aliphatic heterocycles. The summed E-state index contributed by atoms with van der Waals surface area (Å²) in [4.78, 5) is 2.56. The molecule has 1 rings (SSSR count). The molecule has 0 aromatic carbocycles. The van der Waals surface area contributed by atoms with Gasteiger partial charge < -0.3 is 5.32 Å². The lowest BCUT2D eigenvalue weighted by molar-refractivity contribution is 0.215. The van der Waals surface area contributed by atoms with Crippen molar-refractivity contribution in [2.24, 2.45) is 0 Å². The fourth-order valence-electron chi connectivity index (χ4n) is 2.11. The van der Waals surface area contributed by atoms with Crippen molar-refractivity contribution < 1.29 is 0 Å². The zero-order valence-corrected chi connectivity index (χ0v) is 11.3. The number of piperidine rings is 1. The molecule has 0 radical (unpaired) electrons. The summed E-state index contributed by atoms with van der Waals surface area (Å²) in [5, 5.41) is 3.67. The van der Waals surface area contributed by atoms with E-state index in [1.165, 1.54) is 50.9 Å². The second-order valence-electron chi connectivity index (χ2n) is 5.16. The number of allylic oxidation sites excluding steroid dienone is 1. The third-order valence-electron chi connectivity index (χ3n) is 3.31. The Morgan fingerprint density at radius 1 is 1.31 bits per heavy atom. The predicted octanol–water partition coefficient (Wildman–Crippen LogP) is 2.81. The molecule has 0 aliphatic carbocycles. The Morgan fingerprint density at radius 3 is 2.56 bits per heavy atom. The monoisotopic (exact) mass is 224 g/mol. The maximum Gasteiger partial charge on any atom is 0.0165 e. The van der Waals surface area contributed by atoms with Gasteiger partial charge in [0.25, 0.3) is 0 Å². The molecule has 94 valence electrons. The van der Waals surface area contributed by atoms with Crippen molar-refractivity contribution in [2.45, 2.75) is 52.5 Å². The summed E-state index contributed by atoms with van der Waals surface area (Å²) in [5.41, 5.74) is 1.43. The molecule has 2 heteroatoms. The number of unbranched alkanes of at least 4 members (excludes halogenated alkanes) is 1. The third kappa shape index (κ3) is 5.66. The average molecular weight is 224 g/mol. The van der Waals surface area contributed by atoms with Crippen LogP contribution in [0.2, 0.25) is 0 Å². The summed E-state index contributed by atoms with van der Waals surface area (Å²) in [7, 11) is 0. The van der Waals surface area contributed by atoms with Gasteiger partial charge in [-0.3, -0.25) is 4.90 Å². The molecule has 0 saturated carbocycles. The quantitative estimate of drug-likeness (QED) is 0.551. The Hall–Kier alpha value is -0.340. The zero-order chi connectivity index (χ0) is 11.8. The van der Waals surface area contributed by atoms with Crippen LogP contribution in [0, 0.1) is 0 Å². The van der Waals surface area contributed by atoms with E-state index in [0.717, 1.165) is 12.6 Å². The molecule has 1 saturated heterocycles. The van der Waals surface area contributed by atoms with Crippen LogP contribution in [0.5, 0.6) is 0 Å². The van der Waals surface area contributed by atoms with Crippen LogP contribution in [0.15, 0.2) is 11.6 Å². The standard InChI is InChI=1S/C14H28N2/c1-4-5-9-15-14-7-11-16(12-8-14)10-6-13(2)3/h6,14-15H,4-5,7-12H2,1-3H3. The molecule has 0 spiro atoms. The van der Waals surface area contributed by atoms with Gasteiger partial charge in [-0.1, -0.05) is 25.0 Å². The highest BCUT2D eigenvalue weighted by Crippen LogP contribution is 2.10. The summed E-state index contributed by atoms with van der Waals surface area (Å²) < 4.78 is 0. The Balaban J connectivity index is 2.11. The van der Waals surface area contributed by atoms with Crippen LogP contribution >= 0.6 is 0 Å². The molecule has 1 fully saturated rings. The molecule has 2 nitrogen and oxygen atoms in total. The third-order valence-corrected chi connectivity index (χ3v) is 3.31. The van der Waals surface area contributed by atoms with Gasteiger partial charge in [-0.05, 0) is 52.7 Å². The van der Waals surface area contributed by atoms with Crippen LogP contribution in [-0.2, 0) is 0 Å². The van der Waals surface area contributed by atoms with E-state index >= 15 is 0 Å². The van der Waals surface area contributed by atoms with Gasteiger partial charge in [0.05, 0.1) is 0 Å². The molecule has 1 heterocycles. The van der Waals surface area contributed by atoms with Crippen LogP contribution < -0.4 is 5.32 Å². The molecule has 0 aromatic heterocycles. The first-order valence-corrected chi connectivity index (χ1v) is 6.81. The first-order valence-electron chi connectivity index (χ1n) is 6.81. The Bertz CT molecular complexity index is 199. The smallest absolute Gasteiger partial charge is 0.0165 e. The summed E-state index contributed by atoms with van der Waals surface area (Å²) >= 11 is 0. The fraction of sp³-hybridized carbons (Fsp3) is 0.857. The molecule has 0 bridgehead atoms. The minimum atomic E-state index is 0.773. The van der Waals surface area contributed by atoms with Crippen LogP contribution in [0.3, 0.4) is 0 Å². The molecule has 0 atom stereocenters. The van der Waals surface area contributed by atoms with E-state index in [9.17, 15) is 0 Å². The van der Waals surface area contributed by atoms with E-state index in [1.54, 1.807) is 0 Å². The van der Waals surface area contributed by atoms with Gasteiger partial charge in [-0.25, -0.2) is 0 Å². The number of likely N-dealkylation sites (tertiary alicyclic amines) is 1. The lowest BCUT2D eigenvalue weighted by Gasteiger charge is -2.31. The Labute approximate surface area is 101 Å².